The highest BCUT2D eigenvalue weighted by molar-refractivity contribution is 7.99. The molecular weight excluding hydrogens is 383 g/mol. The third-order valence-electron chi connectivity index (χ3n) is 4.93. The van der Waals surface area contributed by atoms with Crippen LogP contribution in [-0.4, -0.2) is 29.0 Å². The number of rotatable bonds is 10. The van der Waals surface area contributed by atoms with Gasteiger partial charge in [0, 0.05) is 23.0 Å². The topological polar surface area (TPSA) is 37.3 Å². The molecule has 0 aliphatic heterocycles. The number of thioether (sulfide) groups is 1. The van der Waals surface area contributed by atoms with Gasteiger partial charge in [-0.05, 0) is 36.1 Å². The molecule has 0 radical (unpaired) electrons. The Labute approximate surface area is 172 Å². The van der Waals surface area contributed by atoms with E-state index in [9.17, 15) is 9.67 Å². The summed E-state index contributed by atoms with van der Waals surface area (Å²) in [5.41, 5.74) is 2.34. The molecule has 0 amide bonds. The smallest absolute Gasteiger partial charge is 0.116 e. The molecule has 0 saturated carbocycles. The van der Waals surface area contributed by atoms with E-state index in [4.69, 9.17) is 0 Å². The second kappa shape index (κ2) is 10.7. The quantitative estimate of drug-likeness (QED) is 0.332. The van der Waals surface area contributed by atoms with Crippen molar-refractivity contribution < 1.29 is 9.67 Å². The number of hydrogen-bond donors (Lipinski definition) is 1. The number of hydrogen-bond acceptors (Lipinski definition) is 3. The minimum atomic E-state index is -2.74. The molecule has 3 rings (SSSR count). The van der Waals surface area contributed by atoms with E-state index >= 15 is 0 Å². The molecule has 1 N–H and O–H groups in total. The third kappa shape index (κ3) is 6.38. The standard InChI is InChI=1S/C24H27O2PS/c25-24(20-28-23-14-8-3-9-15-23)27(26,18-16-21-10-4-1-5-11-21)19-17-22-12-6-2-7-13-22/h1-15,24-25H,16-20H2. The van der Waals surface area contributed by atoms with Crippen molar-refractivity contribution in [1.29, 1.82) is 0 Å². The molecule has 2 nitrogen and oxygen atoms in total. The van der Waals surface area contributed by atoms with Gasteiger partial charge in [-0.1, -0.05) is 78.9 Å². The molecule has 0 aliphatic carbocycles. The molecule has 0 aromatic heterocycles. The van der Waals surface area contributed by atoms with Crippen molar-refractivity contribution in [2.24, 2.45) is 0 Å². The second-order valence-electron chi connectivity index (χ2n) is 6.98. The van der Waals surface area contributed by atoms with E-state index in [1.54, 1.807) is 11.8 Å². The third-order valence-corrected chi connectivity index (χ3v) is 9.49. The Kier molecular flexibility index (Phi) is 7.97. The largest absolute Gasteiger partial charge is 0.385 e. The zero-order valence-corrected chi connectivity index (χ0v) is 17.7. The zero-order chi connectivity index (χ0) is 19.7. The summed E-state index contributed by atoms with van der Waals surface area (Å²) < 4.78 is 13.8. The molecule has 3 aromatic rings. The van der Waals surface area contributed by atoms with Crippen molar-refractivity contribution >= 4 is 18.9 Å². The van der Waals surface area contributed by atoms with Gasteiger partial charge in [0.15, 0.2) is 0 Å². The molecule has 0 spiro atoms. The van der Waals surface area contributed by atoms with Crippen LogP contribution in [-0.2, 0) is 17.4 Å². The molecule has 0 bridgehead atoms. The Bertz CT molecular complexity index is 821. The van der Waals surface area contributed by atoms with Crippen molar-refractivity contribution in [3.8, 4) is 0 Å². The normalized spacial score (nSPS) is 12.6. The van der Waals surface area contributed by atoms with Gasteiger partial charge in [0.05, 0.1) is 0 Å². The fraction of sp³-hybridized carbons (Fsp3) is 0.250. The maximum Gasteiger partial charge on any atom is 0.116 e. The van der Waals surface area contributed by atoms with E-state index < -0.39 is 13.0 Å². The first-order valence-corrected chi connectivity index (χ1v) is 12.8. The van der Waals surface area contributed by atoms with Gasteiger partial charge in [0.25, 0.3) is 0 Å². The fourth-order valence-corrected chi connectivity index (χ4v) is 7.25. The molecule has 0 fully saturated rings. The lowest BCUT2D eigenvalue weighted by Gasteiger charge is -2.24. The summed E-state index contributed by atoms with van der Waals surface area (Å²) in [6.07, 6.45) is 2.56. The molecule has 1 unspecified atom stereocenters. The second-order valence-corrected chi connectivity index (χ2v) is 11.5. The molecule has 0 aliphatic rings. The molecule has 0 heterocycles. The van der Waals surface area contributed by atoms with Crippen molar-refractivity contribution in [1.82, 2.24) is 0 Å². The maximum atomic E-state index is 13.8. The van der Waals surface area contributed by atoms with E-state index in [0.29, 0.717) is 18.1 Å². The van der Waals surface area contributed by atoms with Crippen LogP contribution in [0, 0.1) is 0 Å². The molecule has 28 heavy (non-hydrogen) atoms. The highest BCUT2D eigenvalue weighted by Gasteiger charge is 2.31. The highest BCUT2D eigenvalue weighted by Crippen LogP contribution is 2.51. The lowest BCUT2D eigenvalue weighted by atomic mass is 10.2. The summed E-state index contributed by atoms with van der Waals surface area (Å²) in [4.78, 5) is 1.10. The summed E-state index contributed by atoms with van der Waals surface area (Å²) in [6.45, 7) is 0. The molecular formula is C24H27O2PS. The minimum absolute atomic E-state index is 0.463. The van der Waals surface area contributed by atoms with Crippen LogP contribution in [0.4, 0.5) is 0 Å². The zero-order valence-electron chi connectivity index (χ0n) is 16.0. The summed E-state index contributed by atoms with van der Waals surface area (Å²) >= 11 is 1.58. The monoisotopic (exact) mass is 410 g/mol. The van der Waals surface area contributed by atoms with Crippen LogP contribution in [0.2, 0.25) is 0 Å². The molecule has 146 valence electrons. The minimum Gasteiger partial charge on any atom is -0.385 e. The van der Waals surface area contributed by atoms with Crippen LogP contribution in [0.25, 0.3) is 0 Å². The average Bonchev–Trinajstić information content (AvgIpc) is 2.77. The van der Waals surface area contributed by atoms with Crippen molar-refractivity contribution in [2.75, 3.05) is 18.1 Å². The summed E-state index contributed by atoms with van der Waals surface area (Å²) in [5, 5.41) is 10.9. The summed E-state index contributed by atoms with van der Waals surface area (Å²) in [7, 11) is -2.74. The Hall–Kier alpha value is -1.80. The summed E-state index contributed by atoms with van der Waals surface area (Å²) in [5.74, 6) is -0.324. The fourth-order valence-electron chi connectivity index (χ4n) is 3.16. The van der Waals surface area contributed by atoms with E-state index in [1.807, 2.05) is 66.7 Å². The summed E-state index contributed by atoms with van der Waals surface area (Å²) in [6, 6.07) is 30.2. The SMILES string of the molecule is O=P(CCc1ccccc1)(CCc1ccccc1)C(O)CSc1ccccc1. The number of aliphatic hydroxyl groups is 1. The van der Waals surface area contributed by atoms with Crippen molar-refractivity contribution in [3.63, 3.8) is 0 Å². The maximum absolute atomic E-state index is 13.8. The lowest BCUT2D eigenvalue weighted by molar-refractivity contribution is 0.271. The Morgan fingerprint density at radius 2 is 1.14 bits per heavy atom. The Morgan fingerprint density at radius 3 is 1.61 bits per heavy atom. The van der Waals surface area contributed by atoms with Gasteiger partial charge in [-0.25, -0.2) is 0 Å². The molecule has 4 heteroatoms. The highest BCUT2D eigenvalue weighted by atomic mass is 32.2. The molecule has 1 atom stereocenters. The van der Waals surface area contributed by atoms with Gasteiger partial charge in [-0.2, -0.15) is 0 Å². The van der Waals surface area contributed by atoms with Crippen LogP contribution in [0.3, 0.4) is 0 Å². The van der Waals surface area contributed by atoms with Crippen LogP contribution in [0.1, 0.15) is 11.1 Å². The van der Waals surface area contributed by atoms with Crippen LogP contribution < -0.4 is 0 Å². The van der Waals surface area contributed by atoms with E-state index in [0.717, 1.165) is 17.7 Å². The Balaban J connectivity index is 1.67. The number of benzene rings is 3. The number of aliphatic hydroxyl groups excluding tert-OH is 1. The van der Waals surface area contributed by atoms with E-state index in [2.05, 4.69) is 24.3 Å². The van der Waals surface area contributed by atoms with E-state index in [1.165, 1.54) is 11.1 Å². The van der Waals surface area contributed by atoms with Crippen LogP contribution >= 0.6 is 18.9 Å². The van der Waals surface area contributed by atoms with Gasteiger partial charge in [-0.3, -0.25) is 0 Å². The van der Waals surface area contributed by atoms with Crippen molar-refractivity contribution in [3.05, 3.63) is 102 Å². The van der Waals surface area contributed by atoms with Gasteiger partial charge in [0.1, 0.15) is 13.0 Å². The molecule has 0 saturated heterocycles. The predicted octanol–water partition coefficient (Wildman–Crippen LogP) is 5.95. The van der Waals surface area contributed by atoms with Crippen LogP contribution in [0.5, 0.6) is 0 Å². The van der Waals surface area contributed by atoms with E-state index in [-0.39, 0.29) is 0 Å². The molecule has 3 aromatic carbocycles. The Morgan fingerprint density at radius 1 is 0.714 bits per heavy atom. The average molecular weight is 411 g/mol. The first-order valence-electron chi connectivity index (χ1n) is 9.67. The van der Waals surface area contributed by atoms with Crippen LogP contribution in [0.15, 0.2) is 95.9 Å². The van der Waals surface area contributed by atoms with Gasteiger partial charge >= 0.3 is 0 Å². The first-order chi connectivity index (χ1) is 13.7. The number of aryl methyl sites for hydroxylation is 2. The first kappa shape index (κ1) is 20.9. The van der Waals surface area contributed by atoms with Gasteiger partial charge in [-0.15, -0.1) is 11.8 Å². The van der Waals surface area contributed by atoms with Gasteiger partial charge in [0.2, 0.25) is 0 Å². The van der Waals surface area contributed by atoms with Crippen molar-refractivity contribution in [2.45, 2.75) is 23.6 Å². The lowest BCUT2D eigenvalue weighted by Crippen LogP contribution is -2.18. The van der Waals surface area contributed by atoms with Gasteiger partial charge < -0.3 is 9.67 Å². The predicted molar refractivity (Wildman–Crippen MR) is 121 cm³/mol.